The van der Waals surface area contributed by atoms with Crippen LogP contribution in [-0.2, 0) is 23.8 Å². The molecule has 4 atom stereocenters. The molecule has 1 saturated heterocycles. The molecule has 0 radical (unpaired) electrons. The number of benzene rings is 2. The van der Waals surface area contributed by atoms with Crippen molar-refractivity contribution < 1.29 is 44.2 Å². The summed E-state index contributed by atoms with van der Waals surface area (Å²) in [5.74, 6) is -3.22. The molecule has 166 valence electrons. The van der Waals surface area contributed by atoms with E-state index in [0.717, 1.165) is 0 Å². The first-order chi connectivity index (χ1) is 14.7. The van der Waals surface area contributed by atoms with E-state index in [1.165, 1.54) is 38.1 Å². The van der Waals surface area contributed by atoms with Crippen molar-refractivity contribution in [1.82, 2.24) is 0 Å². The number of carbonyl (C=O) groups is 2. The van der Waals surface area contributed by atoms with Gasteiger partial charge in [-0.15, -0.1) is 0 Å². The third-order valence-corrected chi connectivity index (χ3v) is 5.23. The van der Waals surface area contributed by atoms with Gasteiger partial charge >= 0.3 is 11.9 Å². The second kappa shape index (κ2) is 9.13. The SMILES string of the molecule is CC(=O)OC[C@@H]1[C@H](COC(C)=O)[C@@H](c2ccc(O)c(O)c2)O[C@H]1c1ccc(O)c(O)c1. The van der Waals surface area contributed by atoms with Crippen LogP contribution in [0.3, 0.4) is 0 Å². The molecule has 0 saturated carbocycles. The minimum Gasteiger partial charge on any atom is -0.504 e. The Hall–Kier alpha value is -3.46. The number of carbonyl (C=O) groups excluding carboxylic acids is 2. The lowest BCUT2D eigenvalue weighted by Gasteiger charge is -2.24. The number of esters is 2. The molecule has 2 aromatic rings. The molecule has 0 aliphatic carbocycles. The predicted molar refractivity (Wildman–Crippen MR) is 106 cm³/mol. The van der Waals surface area contributed by atoms with Crippen molar-refractivity contribution in [3.8, 4) is 23.0 Å². The van der Waals surface area contributed by atoms with Crippen LogP contribution in [0.1, 0.15) is 37.2 Å². The highest BCUT2D eigenvalue weighted by Gasteiger charge is 2.47. The first kappa shape index (κ1) is 22.2. The van der Waals surface area contributed by atoms with Crippen LogP contribution in [0.15, 0.2) is 36.4 Å². The highest BCUT2D eigenvalue weighted by molar-refractivity contribution is 5.66. The molecule has 9 nitrogen and oxygen atoms in total. The molecule has 4 N–H and O–H groups in total. The van der Waals surface area contributed by atoms with Crippen molar-refractivity contribution in [3.05, 3.63) is 47.5 Å². The van der Waals surface area contributed by atoms with Crippen LogP contribution in [0.5, 0.6) is 23.0 Å². The van der Waals surface area contributed by atoms with Gasteiger partial charge in [-0.1, -0.05) is 12.1 Å². The number of hydrogen-bond acceptors (Lipinski definition) is 9. The Morgan fingerprint density at radius 3 is 1.45 bits per heavy atom. The monoisotopic (exact) mass is 432 g/mol. The quantitative estimate of drug-likeness (QED) is 0.400. The van der Waals surface area contributed by atoms with Crippen LogP contribution in [0, 0.1) is 11.8 Å². The van der Waals surface area contributed by atoms with E-state index in [2.05, 4.69) is 0 Å². The van der Waals surface area contributed by atoms with Gasteiger partial charge in [-0.3, -0.25) is 9.59 Å². The summed E-state index contributed by atoms with van der Waals surface area (Å²) in [5, 5.41) is 39.2. The third kappa shape index (κ3) is 5.00. The second-order valence-corrected chi connectivity index (χ2v) is 7.41. The minimum absolute atomic E-state index is 0.0475. The molecule has 1 fully saturated rings. The first-order valence-electron chi connectivity index (χ1n) is 9.63. The van der Waals surface area contributed by atoms with E-state index in [1.807, 2.05) is 0 Å². The molecule has 1 aliphatic heterocycles. The van der Waals surface area contributed by atoms with Gasteiger partial charge in [0.15, 0.2) is 23.0 Å². The average molecular weight is 432 g/mol. The second-order valence-electron chi connectivity index (χ2n) is 7.41. The summed E-state index contributed by atoms with van der Waals surface area (Å²) in [4.78, 5) is 22.9. The van der Waals surface area contributed by atoms with E-state index in [0.29, 0.717) is 11.1 Å². The fraction of sp³-hybridized carbons (Fsp3) is 0.364. The zero-order valence-corrected chi connectivity index (χ0v) is 17.0. The Kier molecular flexibility index (Phi) is 6.55. The van der Waals surface area contributed by atoms with Crippen molar-refractivity contribution in [2.45, 2.75) is 26.1 Å². The summed E-state index contributed by atoms with van der Waals surface area (Å²) in [6.45, 7) is 2.45. The maximum atomic E-state index is 11.5. The number of phenols is 4. The molecule has 0 unspecified atom stereocenters. The first-order valence-corrected chi connectivity index (χ1v) is 9.63. The smallest absolute Gasteiger partial charge is 0.302 e. The van der Waals surface area contributed by atoms with Gasteiger partial charge in [-0.25, -0.2) is 0 Å². The third-order valence-electron chi connectivity index (χ3n) is 5.23. The van der Waals surface area contributed by atoms with Gasteiger partial charge in [0.25, 0.3) is 0 Å². The van der Waals surface area contributed by atoms with Crippen molar-refractivity contribution in [3.63, 3.8) is 0 Å². The molecule has 9 heteroatoms. The van der Waals surface area contributed by atoms with Crippen LogP contribution in [-0.4, -0.2) is 45.6 Å². The number of rotatable bonds is 6. The summed E-state index contributed by atoms with van der Waals surface area (Å²) < 4.78 is 16.7. The van der Waals surface area contributed by atoms with E-state index in [4.69, 9.17) is 14.2 Å². The van der Waals surface area contributed by atoms with Crippen molar-refractivity contribution in [1.29, 1.82) is 0 Å². The van der Waals surface area contributed by atoms with Gasteiger partial charge in [-0.05, 0) is 35.4 Å². The molecule has 3 rings (SSSR count). The molecule has 0 amide bonds. The number of phenolic OH excluding ortho intramolecular Hbond substituents is 4. The Balaban J connectivity index is 2.03. The van der Waals surface area contributed by atoms with Crippen LogP contribution in [0.2, 0.25) is 0 Å². The summed E-state index contributed by atoms with van der Waals surface area (Å²) in [6.07, 6.45) is -1.38. The predicted octanol–water partition coefficient (Wildman–Crippen LogP) is 2.68. The number of aromatic hydroxyl groups is 4. The summed E-state index contributed by atoms with van der Waals surface area (Å²) in [5.41, 5.74) is 1.04. The van der Waals surface area contributed by atoms with Crippen LogP contribution < -0.4 is 0 Å². The van der Waals surface area contributed by atoms with E-state index in [-0.39, 0.29) is 36.2 Å². The van der Waals surface area contributed by atoms with E-state index in [1.54, 1.807) is 12.1 Å². The average Bonchev–Trinajstić information content (AvgIpc) is 3.07. The molecular formula is C22H24O9. The van der Waals surface area contributed by atoms with Gasteiger partial charge in [0.05, 0.1) is 25.4 Å². The highest BCUT2D eigenvalue weighted by Crippen LogP contribution is 2.51. The molecular weight excluding hydrogens is 408 g/mol. The van der Waals surface area contributed by atoms with Crippen LogP contribution >= 0.6 is 0 Å². The zero-order valence-electron chi connectivity index (χ0n) is 17.0. The Morgan fingerprint density at radius 1 is 0.742 bits per heavy atom. The lowest BCUT2D eigenvalue weighted by Crippen LogP contribution is -2.27. The van der Waals surface area contributed by atoms with E-state index < -0.39 is 36.0 Å². The fourth-order valence-corrected chi connectivity index (χ4v) is 3.74. The van der Waals surface area contributed by atoms with Crippen LogP contribution in [0.25, 0.3) is 0 Å². The molecule has 31 heavy (non-hydrogen) atoms. The molecule has 2 aromatic carbocycles. The summed E-state index contributed by atoms with van der Waals surface area (Å²) >= 11 is 0. The Morgan fingerprint density at radius 2 is 1.13 bits per heavy atom. The number of ether oxygens (including phenoxy) is 3. The molecule has 0 bridgehead atoms. The van der Waals surface area contributed by atoms with Gasteiger partial charge < -0.3 is 34.6 Å². The maximum Gasteiger partial charge on any atom is 0.302 e. The van der Waals surface area contributed by atoms with Gasteiger partial charge in [0, 0.05) is 25.7 Å². The molecule has 1 aliphatic rings. The largest absolute Gasteiger partial charge is 0.504 e. The lowest BCUT2D eigenvalue weighted by atomic mass is 9.83. The van der Waals surface area contributed by atoms with Gasteiger partial charge in [0.2, 0.25) is 0 Å². The Bertz CT molecular complexity index is 894. The van der Waals surface area contributed by atoms with E-state index in [9.17, 15) is 30.0 Å². The minimum atomic E-state index is -0.688. The Labute approximate surface area is 178 Å². The maximum absolute atomic E-state index is 11.5. The van der Waals surface area contributed by atoms with Gasteiger partial charge in [-0.2, -0.15) is 0 Å². The standard InChI is InChI=1S/C22H24O9/c1-11(23)29-9-15-16(10-30-12(2)24)22(14-4-6-18(26)20(28)8-14)31-21(15)13-3-5-17(25)19(27)7-13/h3-8,15-16,21-22,25-28H,9-10H2,1-2H3/t15-,16+,21+,22-. The fourth-order valence-electron chi connectivity index (χ4n) is 3.74. The van der Waals surface area contributed by atoms with Crippen molar-refractivity contribution in [2.24, 2.45) is 11.8 Å². The molecule has 0 aromatic heterocycles. The lowest BCUT2D eigenvalue weighted by molar-refractivity contribution is -0.146. The normalized spacial score (nSPS) is 22.8. The van der Waals surface area contributed by atoms with E-state index >= 15 is 0 Å². The number of hydrogen-bond donors (Lipinski definition) is 4. The van der Waals surface area contributed by atoms with Crippen molar-refractivity contribution >= 4 is 11.9 Å². The topological polar surface area (TPSA) is 143 Å². The molecule has 1 heterocycles. The zero-order chi connectivity index (χ0) is 22.7. The van der Waals surface area contributed by atoms with Crippen molar-refractivity contribution in [2.75, 3.05) is 13.2 Å². The highest BCUT2D eigenvalue weighted by atomic mass is 16.6. The van der Waals surface area contributed by atoms with Crippen LogP contribution in [0.4, 0.5) is 0 Å². The van der Waals surface area contributed by atoms with Gasteiger partial charge in [0.1, 0.15) is 0 Å². The summed E-state index contributed by atoms with van der Waals surface area (Å²) in [6, 6.07) is 8.47. The molecule has 0 spiro atoms. The summed E-state index contributed by atoms with van der Waals surface area (Å²) in [7, 11) is 0.